The highest BCUT2D eigenvalue weighted by Gasteiger charge is 2.34. The summed E-state index contributed by atoms with van der Waals surface area (Å²) in [5.41, 5.74) is 1.12. The van der Waals surface area contributed by atoms with Crippen LogP contribution in [-0.2, 0) is 0 Å². The molecule has 0 amide bonds. The monoisotopic (exact) mass is 240 g/mol. The van der Waals surface area contributed by atoms with E-state index in [1.54, 1.807) is 6.20 Å². The normalized spacial score (nSPS) is 25.7. The maximum Gasteiger partial charge on any atom is 0.0540 e. The molecule has 2 nitrogen and oxygen atoms in total. The lowest BCUT2D eigenvalue weighted by atomic mass is 10.3. The fourth-order valence-corrected chi connectivity index (χ4v) is 1.95. The summed E-state index contributed by atoms with van der Waals surface area (Å²) in [7, 11) is 0. The van der Waals surface area contributed by atoms with E-state index in [0.717, 1.165) is 16.1 Å². The molecule has 1 N–H and O–H groups in total. The van der Waals surface area contributed by atoms with Gasteiger partial charge in [0.2, 0.25) is 0 Å². The molecule has 1 aromatic heterocycles. The third-order valence-corrected chi connectivity index (χ3v) is 2.94. The summed E-state index contributed by atoms with van der Waals surface area (Å²) in [5, 5.41) is 3.47. The molecule has 2 unspecified atom stereocenters. The van der Waals surface area contributed by atoms with E-state index in [9.17, 15) is 0 Å². The van der Waals surface area contributed by atoms with Crippen LogP contribution in [0.25, 0.3) is 0 Å². The molecule has 0 spiro atoms. The standard InChI is InChI=1S/C10H13BrN2/c1-2-7-3-10(7)13-9-4-8(11)5-12-6-9/h4-7,10,13H,2-3H2,1H3. The first kappa shape index (κ1) is 9.00. The van der Waals surface area contributed by atoms with Crippen LogP contribution in [0.2, 0.25) is 0 Å². The molecule has 0 saturated heterocycles. The van der Waals surface area contributed by atoms with E-state index in [0.29, 0.717) is 6.04 Å². The molecule has 70 valence electrons. The fourth-order valence-electron chi connectivity index (χ4n) is 1.58. The van der Waals surface area contributed by atoms with Crippen LogP contribution in [0.5, 0.6) is 0 Å². The number of nitrogens with zero attached hydrogens (tertiary/aromatic N) is 1. The van der Waals surface area contributed by atoms with Crippen LogP contribution < -0.4 is 5.32 Å². The average Bonchev–Trinajstić information content (AvgIpc) is 2.83. The second kappa shape index (κ2) is 3.66. The van der Waals surface area contributed by atoms with Gasteiger partial charge in [0.25, 0.3) is 0 Å². The van der Waals surface area contributed by atoms with Crippen molar-refractivity contribution in [2.75, 3.05) is 5.32 Å². The van der Waals surface area contributed by atoms with E-state index >= 15 is 0 Å². The van der Waals surface area contributed by atoms with Crippen molar-refractivity contribution < 1.29 is 0 Å². The van der Waals surface area contributed by atoms with Crippen molar-refractivity contribution in [3.63, 3.8) is 0 Å². The molecule has 1 aliphatic carbocycles. The highest BCUT2D eigenvalue weighted by atomic mass is 79.9. The molecule has 0 aliphatic heterocycles. The molecule has 1 heterocycles. The molecule has 2 rings (SSSR count). The van der Waals surface area contributed by atoms with Crippen molar-refractivity contribution in [1.82, 2.24) is 4.98 Å². The van der Waals surface area contributed by atoms with Crippen LogP contribution >= 0.6 is 15.9 Å². The molecule has 1 fully saturated rings. The first-order valence-corrected chi connectivity index (χ1v) is 5.46. The van der Waals surface area contributed by atoms with Crippen LogP contribution in [-0.4, -0.2) is 11.0 Å². The zero-order chi connectivity index (χ0) is 9.26. The lowest BCUT2D eigenvalue weighted by Gasteiger charge is -2.04. The third kappa shape index (κ3) is 2.21. The quantitative estimate of drug-likeness (QED) is 0.879. The predicted molar refractivity (Wildman–Crippen MR) is 57.7 cm³/mol. The number of pyridine rings is 1. The van der Waals surface area contributed by atoms with Crippen LogP contribution in [0.1, 0.15) is 19.8 Å². The summed E-state index contributed by atoms with van der Waals surface area (Å²) in [6.45, 7) is 2.24. The minimum atomic E-state index is 0.682. The Morgan fingerprint density at radius 3 is 3.08 bits per heavy atom. The number of nitrogens with one attached hydrogen (secondary N) is 1. The van der Waals surface area contributed by atoms with Gasteiger partial charge in [0.05, 0.1) is 11.9 Å². The van der Waals surface area contributed by atoms with Crippen molar-refractivity contribution >= 4 is 21.6 Å². The molecular weight excluding hydrogens is 228 g/mol. The highest BCUT2D eigenvalue weighted by Crippen LogP contribution is 2.36. The third-order valence-electron chi connectivity index (χ3n) is 2.50. The number of aromatic nitrogens is 1. The maximum absolute atomic E-state index is 4.11. The van der Waals surface area contributed by atoms with Gasteiger partial charge in [-0.1, -0.05) is 13.3 Å². The molecule has 2 atom stereocenters. The van der Waals surface area contributed by atoms with Crippen molar-refractivity contribution in [3.05, 3.63) is 22.9 Å². The van der Waals surface area contributed by atoms with Gasteiger partial charge in [-0.25, -0.2) is 0 Å². The van der Waals surface area contributed by atoms with Crippen LogP contribution in [0.3, 0.4) is 0 Å². The van der Waals surface area contributed by atoms with Gasteiger partial charge in [-0.2, -0.15) is 0 Å². The summed E-state index contributed by atoms with van der Waals surface area (Å²) >= 11 is 3.40. The molecule has 0 aromatic carbocycles. The summed E-state index contributed by atoms with van der Waals surface area (Å²) < 4.78 is 1.03. The Morgan fingerprint density at radius 1 is 1.62 bits per heavy atom. The number of anilines is 1. The zero-order valence-electron chi connectivity index (χ0n) is 7.63. The Hall–Kier alpha value is -0.570. The van der Waals surface area contributed by atoms with Crippen molar-refractivity contribution in [1.29, 1.82) is 0 Å². The lowest BCUT2D eigenvalue weighted by Crippen LogP contribution is -2.04. The summed E-state index contributed by atoms with van der Waals surface area (Å²) in [4.78, 5) is 4.11. The molecule has 3 heteroatoms. The van der Waals surface area contributed by atoms with E-state index < -0.39 is 0 Å². The van der Waals surface area contributed by atoms with Crippen LogP contribution in [0.15, 0.2) is 22.9 Å². The molecule has 0 radical (unpaired) electrons. The number of rotatable bonds is 3. The van der Waals surface area contributed by atoms with E-state index in [2.05, 4.69) is 39.2 Å². The van der Waals surface area contributed by atoms with E-state index in [1.165, 1.54) is 12.8 Å². The minimum absolute atomic E-state index is 0.682. The Morgan fingerprint density at radius 2 is 2.46 bits per heavy atom. The van der Waals surface area contributed by atoms with Gasteiger partial charge in [-0.05, 0) is 34.3 Å². The van der Waals surface area contributed by atoms with Crippen molar-refractivity contribution in [3.8, 4) is 0 Å². The summed E-state index contributed by atoms with van der Waals surface area (Å²) in [6.07, 6.45) is 6.26. The number of halogens is 1. The maximum atomic E-state index is 4.11. The second-order valence-corrected chi connectivity index (χ2v) is 4.46. The van der Waals surface area contributed by atoms with Crippen molar-refractivity contribution in [2.24, 2.45) is 5.92 Å². The predicted octanol–water partition coefficient (Wildman–Crippen LogP) is 3.05. The fraction of sp³-hybridized carbons (Fsp3) is 0.500. The molecule has 0 bridgehead atoms. The number of hydrogen-bond donors (Lipinski definition) is 1. The molecule has 1 saturated carbocycles. The Balaban J connectivity index is 1.95. The summed E-state index contributed by atoms with van der Waals surface area (Å²) in [5.74, 6) is 0.874. The first-order valence-electron chi connectivity index (χ1n) is 4.66. The average molecular weight is 241 g/mol. The molecular formula is C10H13BrN2. The van der Waals surface area contributed by atoms with Gasteiger partial charge in [0.1, 0.15) is 0 Å². The molecule has 1 aliphatic rings. The van der Waals surface area contributed by atoms with E-state index in [4.69, 9.17) is 0 Å². The van der Waals surface area contributed by atoms with Gasteiger partial charge >= 0.3 is 0 Å². The van der Waals surface area contributed by atoms with Gasteiger partial charge in [-0.3, -0.25) is 4.98 Å². The van der Waals surface area contributed by atoms with Crippen LogP contribution in [0.4, 0.5) is 5.69 Å². The minimum Gasteiger partial charge on any atom is -0.381 e. The number of hydrogen-bond acceptors (Lipinski definition) is 2. The highest BCUT2D eigenvalue weighted by molar-refractivity contribution is 9.10. The Bertz CT molecular complexity index is 301. The second-order valence-electron chi connectivity index (χ2n) is 3.55. The zero-order valence-corrected chi connectivity index (χ0v) is 9.21. The first-order chi connectivity index (χ1) is 6.29. The van der Waals surface area contributed by atoms with Gasteiger partial charge < -0.3 is 5.32 Å². The molecule has 13 heavy (non-hydrogen) atoms. The molecule has 1 aromatic rings. The van der Waals surface area contributed by atoms with Gasteiger partial charge in [0, 0.05) is 16.7 Å². The topological polar surface area (TPSA) is 24.9 Å². The summed E-state index contributed by atoms with van der Waals surface area (Å²) in [6, 6.07) is 2.75. The smallest absolute Gasteiger partial charge is 0.0540 e. The van der Waals surface area contributed by atoms with Gasteiger partial charge in [-0.15, -0.1) is 0 Å². The van der Waals surface area contributed by atoms with E-state index in [-0.39, 0.29) is 0 Å². The largest absolute Gasteiger partial charge is 0.381 e. The van der Waals surface area contributed by atoms with Gasteiger partial charge in [0.15, 0.2) is 0 Å². The SMILES string of the molecule is CCC1CC1Nc1cncc(Br)c1. The Labute approximate surface area is 86.9 Å². The van der Waals surface area contributed by atoms with Crippen LogP contribution in [0, 0.1) is 5.92 Å². The lowest BCUT2D eigenvalue weighted by molar-refractivity contribution is 0.774. The van der Waals surface area contributed by atoms with Crippen molar-refractivity contribution in [2.45, 2.75) is 25.8 Å². The van der Waals surface area contributed by atoms with E-state index in [1.807, 2.05) is 6.20 Å². The Kier molecular flexibility index (Phi) is 2.54.